The second kappa shape index (κ2) is 6.58. The Morgan fingerprint density at radius 1 is 1.28 bits per heavy atom. The number of nitrogens with zero attached hydrogens (tertiary/aromatic N) is 1. The fraction of sp³-hybridized carbons (Fsp3) is 0.579. The number of benzene rings is 1. The summed E-state index contributed by atoms with van der Waals surface area (Å²) in [5.74, 6) is 0.276. The van der Waals surface area contributed by atoms with E-state index in [1.54, 1.807) is 4.90 Å². The number of amides is 2. The third kappa shape index (κ3) is 4.44. The van der Waals surface area contributed by atoms with E-state index in [1.807, 2.05) is 51.1 Å². The number of piperidine rings is 1. The van der Waals surface area contributed by atoms with E-state index < -0.39 is 11.7 Å². The molecule has 0 radical (unpaired) electrons. The Morgan fingerprint density at radius 2 is 2.00 bits per heavy atom. The standard InChI is InChI=1S/C19H26N2O4/c1-18(2,3)25-17(23)21-10-9-19(11-15(19)12-21)20-16(22)24-13-14-7-5-4-6-8-14/h4-8,15H,9-13H2,1-3H3,(H,20,22)/t15?,19-/m0/s1. The molecule has 136 valence electrons. The summed E-state index contributed by atoms with van der Waals surface area (Å²) in [6.45, 7) is 7.05. The third-order valence-electron chi connectivity index (χ3n) is 4.72. The van der Waals surface area contributed by atoms with Crippen LogP contribution in [0.1, 0.15) is 39.2 Å². The van der Waals surface area contributed by atoms with Gasteiger partial charge in [-0.2, -0.15) is 0 Å². The Hall–Kier alpha value is -2.24. The number of likely N-dealkylation sites (tertiary alicyclic amines) is 1. The molecule has 2 atom stereocenters. The Bertz CT molecular complexity index is 641. The van der Waals surface area contributed by atoms with Crippen LogP contribution in [0, 0.1) is 5.92 Å². The van der Waals surface area contributed by atoms with Crippen LogP contribution in [-0.4, -0.2) is 41.3 Å². The molecule has 2 amide bonds. The number of ether oxygens (including phenoxy) is 2. The van der Waals surface area contributed by atoms with Gasteiger partial charge in [-0.15, -0.1) is 0 Å². The zero-order valence-corrected chi connectivity index (χ0v) is 15.1. The number of nitrogens with one attached hydrogen (secondary N) is 1. The van der Waals surface area contributed by atoms with E-state index in [-0.39, 0.29) is 24.2 Å². The average molecular weight is 346 g/mol. The summed E-state index contributed by atoms with van der Waals surface area (Å²) < 4.78 is 10.7. The van der Waals surface area contributed by atoms with Gasteiger partial charge in [-0.25, -0.2) is 9.59 Å². The van der Waals surface area contributed by atoms with Crippen molar-refractivity contribution in [1.82, 2.24) is 10.2 Å². The van der Waals surface area contributed by atoms with Crippen molar-refractivity contribution >= 4 is 12.2 Å². The molecule has 0 spiro atoms. The quantitative estimate of drug-likeness (QED) is 0.912. The number of rotatable bonds is 3. The Morgan fingerprint density at radius 3 is 2.64 bits per heavy atom. The first kappa shape index (κ1) is 17.6. The van der Waals surface area contributed by atoms with Gasteiger partial charge in [0.2, 0.25) is 0 Å². The largest absolute Gasteiger partial charge is 0.445 e. The molecule has 1 saturated carbocycles. The van der Waals surface area contributed by atoms with Gasteiger partial charge >= 0.3 is 12.2 Å². The second-order valence-corrected chi connectivity index (χ2v) is 7.92. The molecule has 1 aromatic carbocycles. The highest BCUT2D eigenvalue weighted by molar-refractivity contribution is 5.71. The van der Waals surface area contributed by atoms with E-state index in [0.717, 1.165) is 18.4 Å². The molecule has 2 aliphatic rings. The number of hydrogen-bond acceptors (Lipinski definition) is 4. The molecule has 25 heavy (non-hydrogen) atoms. The van der Waals surface area contributed by atoms with Gasteiger partial charge in [0.25, 0.3) is 0 Å². The molecule has 0 aromatic heterocycles. The first-order valence-corrected chi connectivity index (χ1v) is 8.74. The minimum absolute atomic E-state index is 0.216. The normalized spacial score (nSPS) is 24.9. The van der Waals surface area contributed by atoms with E-state index in [0.29, 0.717) is 13.1 Å². The fourth-order valence-electron chi connectivity index (χ4n) is 3.29. The van der Waals surface area contributed by atoms with Gasteiger partial charge in [-0.1, -0.05) is 30.3 Å². The van der Waals surface area contributed by atoms with E-state index in [4.69, 9.17) is 9.47 Å². The molecule has 1 N–H and O–H groups in total. The van der Waals surface area contributed by atoms with Crippen molar-refractivity contribution in [2.75, 3.05) is 13.1 Å². The van der Waals surface area contributed by atoms with Gasteiger partial charge in [-0.05, 0) is 39.2 Å². The molecule has 3 rings (SSSR count). The van der Waals surface area contributed by atoms with Crippen LogP contribution in [0.5, 0.6) is 0 Å². The lowest BCUT2D eigenvalue weighted by atomic mass is 10.1. The Labute approximate surface area is 148 Å². The summed E-state index contributed by atoms with van der Waals surface area (Å²) in [6.07, 6.45) is 0.945. The molecule has 1 aliphatic heterocycles. The third-order valence-corrected chi connectivity index (χ3v) is 4.72. The molecule has 2 fully saturated rings. The number of alkyl carbamates (subject to hydrolysis) is 1. The number of hydrogen-bond donors (Lipinski definition) is 1. The zero-order valence-electron chi connectivity index (χ0n) is 15.1. The predicted octanol–water partition coefficient (Wildman–Crippen LogP) is 3.31. The van der Waals surface area contributed by atoms with Gasteiger partial charge in [0.15, 0.2) is 0 Å². The van der Waals surface area contributed by atoms with Crippen molar-refractivity contribution in [2.45, 2.75) is 51.4 Å². The van der Waals surface area contributed by atoms with Crippen LogP contribution in [0.3, 0.4) is 0 Å². The zero-order chi connectivity index (χ0) is 18.1. The highest BCUT2D eigenvalue weighted by Gasteiger charge is 2.58. The smallest absolute Gasteiger partial charge is 0.410 e. The van der Waals surface area contributed by atoms with Crippen molar-refractivity contribution in [1.29, 1.82) is 0 Å². The van der Waals surface area contributed by atoms with Crippen LogP contribution < -0.4 is 5.32 Å². The highest BCUT2D eigenvalue weighted by Crippen LogP contribution is 2.49. The van der Waals surface area contributed by atoms with Crippen LogP contribution in [0.4, 0.5) is 9.59 Å². The van der Waals surface area contributed by atoms with Crippen molar-refractivity contribution in [3.8, 4) is 0 Å². The summed E-state index contributed by atoms with van der Waals surface area (Å²) >= 11 is 0. The second-order valence-electron chi connectivity index (χ2n) is 7.92. The lowest BCUT2D eigenvalue weighted by molar-refractivity contribution is 0.0192. The summed E-state index contributed by atoms with van der Waals surface area (Å²) in [5.41, 5.74) is 0.253. The highest BCUT2D eigenvalue weighted by atomic mass is 16.6. The first-order chi connectivity index (χ1) is 11.8. The minimum atomic E-state index is -0.491. The fourth-order valence-corrected chi connectivity index (χ4v) is 3.29. The molecule has 1 heterocycles. The first-order valence-electron chi connectivity index (χ1n) is 8.74. The number of carbonyl (C=O) groups is 2. The maximum absolute atomic E-state index is 12.2. The summed E-state index contributed by atoms with van der Waals surface area (Å²) in [7, 11) is 0. The summed E-state index contributed by atoms with van der Waals surface area (Å²) in [6, 6.07) is 9.60. The van der Waals surface area contributed by atoms with Crippen LogP contribution in [-0.2, 0) is 16.1 Å². The molecular formula is C19H26N2O4. The molecule has 6 heteroatoms. The van der Waals surface area contributed by atoms with Gasteiger partial charge in [-0.3, -0.25) is 0 Å². The molecular weight excluding hydrogens is 320 g/mol. The molecule has 1 unspecified atom stereocenters. The van der Waals surface area contributed by atoms with Gasteiger partial charge in [0, 0.05) is 19.0 Å². The predicted molar refractivity (Wildman–Crippen MR) is 93.0 cm³/mol. The molecule has 6 nitrogen and oxygen atoms in total. The molecule has 1 aromatic rings. The number of carbonyl (C=O) groups excluding carboxylic acids is 2. The van der Waals surface area contributed by atoms with E-state index in [1.165, 1.54) is 0 Å². The van der Waals surface area contributed by atoms with Crippen molar-refractivity contribution < 1.29 is 19.1 Å². The lowest BCUT2D eigenvalue weighted by Crippen LogP contribution is -2.49. The van der Waals surface area contributed by atoms with Gasteiger partial charge < -0.3 is 19.7 Å². The average Bonchev–Trinajstić information content (AvgIpc) is 3.25. The SMILES string of the molecule is CC(C)(C)OC(=O)N1CC[C@]2(NC(=O)OCc3ccccc3)CC2C1. The van der Waals surface area contributed by atoms with Crippen molar-refractivity contribution in [3.05, 3.63) is 35.9 Å². The molecule has 1 saturated heterocycles. The minimum Gasteiger partial charge on any atom is -0.445 e. The maximum atomic E-state index is 12.2. The Kier molecular flexibility index (Phi) is 4.62. The van der Waals surface area contributed by atoms with Crippen LogP contribution in [0.15, 0.2) is 30.3 Å². The summed E-state index contributed by atoms with van der Waals surface area (Å²) in [5, 5.41) is 3.01. The van der Waals surface area contributed by atoms with Crippen LogP contribution in [0.2, 0.25) is 0 Å². The molecule has 0 bridgehead atoms. The van der Waals surface area contributed by atoms with E-state index >= 15 is 0 Å². The Balaban J connectivity index is 1.45. The van der Waals surface area contributed by atoms with Gasteiger partial charge in [0.1, 0.15) is 12.2 Å². The van der Waals surface area contributed by atoms with E-state index in [2.05, 4.69) is 5.32 Å². The topological polar surface area (TPSA) is 67.9 Å². The molecule has 1 aliphatic carbocycles. The maximum Gasteiger partial charge on any atom is 0.410 e. The van der Waals surface area contributed by atoms with Crippen LogP contribution >= 0.6 is 0 Å². The van der Waals surface area contributed by atoms with Crippen LogP contribution in [0.25, 0.3) is 0 Å². The summed E-state index contributed by atoms with van der Waals surface area (Å²) in [4.78, 5) is 26.0. The van der Waals surface area contributed by atoms with E-state index in [9.17, 15) is 9.59 Å². The monoisotopic (exact) mass is 346 g/mol. The van der Waals surface area contributed by atoms with Crippen molar-refractivity contribution in [3.63, 3.8) is 0 Å². The number of fused-ring (bicyclic) bond motifs is 1. The lowest BCUT2D eigenvalue weighted by Gasteiger charge is -2.33. The van der Waals surface area contributed by atoms with Crippen molar-refractivity contribution in [2.24, 2.45) is 5.92 Å². The van der Waals surface area contributed by atoms with Gasteiger partial charge in [0.05, 0.1) is 5.54 Å².